The van der Waals surface area contributed by atoms with Crippen LogP contribution in [-0.2, 0) is 0 Å². The second-order valence-corrected chi connectivity index (χ2v) is 16.2. The maximum absolute atomic E-state index is 6.78. The van der Waals surface area contributed by atoms with Gasteiger partial charge in [0.2, 0.25) is 0 Å². The summed E-state index contributed by atoms with van der Waals surface area (Å²) in [5.41, 5.74) is 14.3. The van der Waals surface area contributed by atoms with Crippen LogP contribution in [0.25, 0.3) is 120 Å². The summed E-state index contributed by atoms with van der Waals surface area (Å²) in [7, 11) is 0. The molecule has 5 heteroatoms. The molecule has 0 atom stereocenters. The van der Waals surface area contributed by atoms with E-state index in [9.17, 15) is 0 Å². The zero-order valence-electron chi connectivity index (χ0n) is 32.2. The molecule has 60 heavy (non-hydrogen) atoms. The molecule has 0 amide bonds. The minimum Gasteiger partial charge on any atom is -0.455 e. The molecule has 4 nitrogen and oxygen atoms in total. The smallest absolute Gasteiger partial charge is 0.160 e. The first-order valence-corrected chi connectivity index (χ1v) is 20.9. The Morgan fingerprint density at radius 3 is 1.83 bits per heavy atom. The Kier molecular flexibility index (Phi) is 8.00. The molecule has 0 N–H and O–H groups in total. The first-order valence-electron chi connectivity index (χ1n) is 20.1. The third-order valence-corrected chi connectivity index (χ3v) is 12.7. The van der Waals surface area contributed by atoms with Crippen LogP contribution >= 0.6 is 11.3 Å². The lowest BCUT2D eigenvalue weighted by molar-refractivity contribution is 0.670. The number of pyridine rings is 1. The summed E-state index contributed by atoms with van der Waals surface area (Å²) in [5.74, 6) is 0.678. The van der Waals surface area contributed by atoms with Crippen LogP contribution in [0.1, 0.15) is 0 Å². The number of hydrogen-bond acceptors (Lipinski definition) is 5. The van der Waals surface area contributed by atoms with Gasteiger partial charge in [-0.15, -0.1) is 11.3 Å². The van der Waals surface area contributed by atoms with E-state index in [4.69, 9.17) is 14.4 Å². The van der Waals surface area contributed by atoms with Crippen molar-refractivity contribution in [2.45, 2.75) is 0 Å². The largest absolute Gasteiger partial charge is 0.455 e. The van der Waals surface area contributed by atoms with Crippen molar-refractivity contribution in [1.82, 2.24) is 15.0 Å². The number of nitrogens with zero attached hydrogens (tertiary/aromatic N) is 3. The highest BCUT2D eigenvalue weighted by Gasteiger charge is 2.20. The van der Waals surface area contributed by atoms with E-state index in [1.807, 2.05) is 47.9 Å². The van der Waals surface area contributed by atoms with Crippen LogP contribution in [0.3, 0.4) is 0 Å². The number of para-hydroxylation sites is 1. The molecule has 4 aromatic heterocycles. The fourth-order valence-corrected chi connectivity index (χ4v) is 9.87. The number of thiophene rings is 1. The van der Waals surface area contributed by atoms with Crippen LogP contribution in [0.15, 0.2) is 205 Å². The second-order valence-electron chi connectivity index (χ2n) is 15.1. The molecule has 12 rings (SSSR count). The lowest BCUT2D eigenvalue weighted by Gasteiger charge is -2.12. The van der Waals surface area contributed by atoms with Crippen molar-refractivity contribution in [2.75, 3.05) is 0 Å². The zero-order valence-corrected chi connectivity index (χ0v) is 33.0. The van der Waals surface area contributed by atoms with Gasteiger partial charge in [-0.05, 0) is 70.3 Å². The quantitative estimate of drug-likeness (QED) is 0.169. The number of rotatable bonds is 6. The standard InChI is InChI=1S/C55H33N3OS/c1-2-11-36(12-3-1)47-33-48(58-55(57-47)38-28-24-34(25-29-38)39-15-8-18-46-41(39)17-10-32-56-46)37-26-22-35(23-27-37)40-30-31-43(54-53(40)44-13-4-6-19-49(44)59-54)42-16-9-21-51-52(42)45-14-5-7-20-50(45)60-51/h1-33H. The predicted molar refractivity (Wildman–Crippen MR) is 250 cm³/mol. The summed E-state index contributed by atoms with van der Waals surface area (Å²) < 4.78 is 9.34. The maximum atomic E-state index is 6.78. The first-order chi connectivity index (χ1) is 29.7. The van der Waals surface area contributed by atoms with Gasteiger partial charge in [0.05, 0.1) is 16.9 Å². The van der Waals surface area contributed by atoms with Crippen molar-refractivity contribution in [2.24, 2.45) is 0 Å². The van der Waals surface area contributed by atoms with Crippen molar-refractivity contribution in [3.05, 3.63) is 200 Å². The Balaban J connectivity index is 0.959. The molecule has 12 aromatic rings. The second kappa shape index (κ2) is 14.0. The number of hydrogen-bond donors (Lipinski definition) is 0. The van der Waals surface area contributed by atoms with Crippen LogP contribution in [-0.4, -0.2) is 15.0 Å². The predicted octanol–water partition coefficient (Wildman–Crippen LogP) is 15.3. The van der Waals surface area contributed by atoms with E-state index in [0.29, 0.717) is 5.82 Å². The Bertz CT molecular complexity index is 3580. The minimum absolute atomic E-state index is 0.678. The Labute approximate surface area is 349 Å². The van der Waals surface area contributed by atoms with Gasteiger partial charge in [-0.3, -0.25) is 4.98 Å². The van der Waals surface area contributed by atoms with Crippen molar-refractivity contribution in [3.8, 4) is 67.3 Å². The van der Waals surface area contributed by atoms with E-state index in [0.717, 1.165) is 88.7 Å². The van der Waals surface area contributed by atoms with Gasteiger partial charge in [0.15, 0.2) is 5.82 Å². The van der Waals surface area contributed by atoms with E-state index < -0.39 is 0 Å². The molecule has 0 saturated heterocycles. The molecule has 0 aliphatic heterocycles. The van der Waals surface area contributed by atoms with Crippen LogP contribution in [0.5, 0.6) is 0 Å². The van der Waals surface area contributed by atoms with Crippen LogP contribution in [0.4, 0.5) is 0 Å². The molecule has 0 spiro atoms. The van der Waals surface area contributed by atoms with Crippen LogP contribution in [0.2, 0.25) is 0 Å². The molecule has 0 unspecified atom stereocenters. The molecule has 8 aromatic carbocycles. The Morgan fingerprint density at radius 2 is 1.00 bits per heavy atom. The molecule has 0 saturated carbocycles. The van der Waals surface area contributed by atoms with E-state index in [-0.39, 0.29) is 0 Å². The average Bonchev–Trinajstić information content (AvgIpc) is 3.91. The molecule has 4 heterocycles. The number of benzene rings is 8. The average molecular weight is 784 g/mol. The van der Waals surface area contributed by atoms with Gasteiger partial charge in [-0.25, -0.2) is 9.97 Å². The Morgan fingerprint density at radius 1 is 0.383 bits per heavy atom. The van der Waals surface area contributed by atoms with E-state index in [2.05, 4.69) is 169 Å². The minimum atomic E-state index is 0.678. The fraction of sp³-hybridized carbons (Fsp3) is 0. The molecule has 0 fully saturated rings. The van der Waals surface area contributed by atoms with Crippen molar-refractivity contribution in [3.63, 3.8) is 0 Å². The van der Waals surface area contributed by atoms with Crippen molar-refractivity contribution < 1.29 is 4.42 Å². The van der Waals surface area contributed by atoms with Gasteiger partial charge in [0.1, 0.15) is 11.2 Å². The lowest BCUT2D eigenvalue weighted by atomic mass is 9.92. The highest BCUT2D eigenvalue weighted by molar-refractivity contribution is 7.25. The molecular weight excluding hydrogens is 751 g/mol. The number of fused-ring (bicyclic) bond motifs is 7. The molecule has 0 bridgehead atoms. The summed E-state index contributed by atoms with van der Waals surface area (Å²) in [5, 5.41) is 5.90. The van der Waals surface area contributed by atoms with Crippen LogP contribution < -0.4 is 0 Å². The fourth-order valence-electron chi connectivity index (χ4n) is 8.74. The van der Waals surface area contributed by atoms with E-state index in [1.165, 1.54) is 25.7 Å². The Hall–Kier alpha value is -7.73. The van der Waals surface area contributed by atoms with Gasteiger partial charge in [0.25, 0.3) is 0 Å². The van der Waals surface area contributed by atoms with Gasteiger partial charge in [-0.1, -0.05) is 152 Å². The lowest BCUT2D eigenvalue weighted by Crippen LogP contribution is -1.96. The molecule has 0 radical (unpaired) electrons. The molecule has 280 valence electrons. The molecule has 0 aliphatic rings. The van der Waals surface area contributed by atoms with Crippen molar-refractivity contribution >= 4 is 64.4 Å². The van der Waals surface area contributed by atoms with Gasteiger partial charge < -0.3 is 4.42 Å². The van der Waals surface area contributed by atoms with Crippen LogP contribution in [0, 0.1) is 0 Å². The van der Waals surface area contributed by atoms with Crippen molar-refractivity contribution in [1.29, 1.82) is 0 Å². The zero-order chi connectivity index (χ0) is 39.6. The third-order valence-electron chi connectivity index (χ3n) is 11.6. The maximum Gasteiger partial charge on any atom is 0.160 e. The van der Waals surface area contributed by atoms with E-state index >= 15 is 0 Å². The van der Waals surface area contributed by atoms with Gasteiger partial charge >= 0.3 is 0 Å². The molecular formula is C55H33N3OS. The third kappa shape index (κ3) is 5.70. The number of aromatic nitrogens is 3. The summed E-state index contributed by atoms with van der Waals surface area (Å²) in [6.07, 6.45) is 1.84. The van der Waals surface area contributed by atoms with E-state index in [1.54, 1.807) is 0 Å². The summed E-state index contributed by atoms with van der Waals surface area (Å²) in [6, 6.07) is 68.3. The van der Waals surface area contributed by atoms with Gasteiger partial charge in [-0.2, -0.15) is 0 Å². The highest BCUT2D eigenvalue weighted by atomic mass is 32.1. The highest BCUT2D eigenvalue weighted by Crippen LogP contribution is 2.46. The molecule has 0 aliphatic carbocycles. The first kappa shape index (κ1) is 34.3. The van der Waals surface area contributed by atoms with Gasteiger partial charge in [0, 0.05) is 64.8 Å². The topological polar surface area (TPSA) is 51.8 Å². The monoisotopic (exact) mass is 783 g/mol. The normalized spacial score (nSPS) is 11.7. The SMILES string of the molecule is c1ccc(-c2cc(-c3ccc(-c4ccc(-c5cccc6sc7ccccc7c56)c5oc6ccccc6c45)cc3)nc(-c3ccc(-c4cccc5ncccc45)cc3)n2)cc1. The summed E-state index contributed by atoms with van der Waals surface area (Å²) in [4.78, 5) is 14.9. The summed E-state index contributed by atoms with van der Waals surface area (Å²) in [6.45, 7) is 0. The number of furan rings is 1. The summed E-state index contributed by atoms with van der Waals surface area (Å²) >= 11 is 1.84.